The van der Waals surface area contributed by atoms with Crippen LogP contribution in [0.25, 0.3) is 0 Å². The lowest BCUT2D eigenvalue weighted by molar-refractivity contribution is 0.0827. The molecule has 4 nitrogen and oxygen atoms in total. The number of amides is 1. The molecule has 0 aliphatic rings. The minimum Gasteiger partial charge on any atom is -0.397 e. The van der Waals surface area contributed by atoms with Gasteiger partial charge in [0.1, 0.15) is 5.82 Å². The van der Waals surface area contributed by atoms with E-state index >= 15 is 0 Å². The summed E-state index contributed by atoms with van der Waals surface area (Å²) in [6, 6.07) is 9.53. The maximum Gasteiger partial charge on any atom is 0.253 e. The van der Waals surface area contributed by atoms with Gasteiger partial charge in [-0.05, 0) is 46.3 Å². The van der Waals surface area contributed by atoms with Gasteiger partial charge < -0.3 is 16.0 Å². The minimum atomic E-state index is -0.409. The molecule has 0 aromatic heterocycles. The molecule has 6 heteroatoms. The first-order valence-corrected chi connectivity index (χ1v) is 7.01. The van der Waals surface area contributed by atoms with Gasteiger partial charge in [-0.15, -0.1) is 0 Å². The number of nitrogens with two attached hydrogens (primary N) is 1. The highest BCUT2D eigenvalue weighted by atomic mass is 79.9. The van der Waals surface area contributed by atoms with Gasteiger partial charge in [-0.3, -0.25) is 4.79 Å². The van der Waals surface area contributed by atoms with Crippen molar-refractivity contribution in [2.45, 2.75) is 0 Å². The maximum atomic E-state index is 13.8. The van der Waals surface area contributed by atoms with Crippen LogP contribution in [-0.2, 0) is 0 Å². The van der Waals surface area contributed by atoms with Crippen LogP contribution in [0.5, 0.6) is 0 Å². The van der Waals surface area contributed by atoms with Crippen molar-refractivity contribution >= 4 is 38.9 Å². The summed E-state index contributed by atoms with van der Waals surface area (Å²) in [7, 11) is 3.33. The predicted octanol–water partition coefficient (Wildman–Crippen LogP) is 3.62. The molecule has 0 bridgehead atoms. The van der Waals surface area contributed by atoms with E-state index in [0.717, 1.165) is 0 Å². The van der Waals surface area contributed by atoms with Crippen molar-refractivity contribution < 1.29 is 9.18 Å². The minimum absolute atomic E-state index is 0.148. The number of halogens is 2. The summed E-state index contributed by atoms with van der Waals surface area (Å²) in [5.74, 6) is -0.557. The highest BCUT2D eigenvalue weighted by molar-refractivity contribution is 9.10. The summed E-state index contributed by atoms with van der Waals surface area (Å²) in [6.45, 7) is 0. The fraction of sp³-hybridized carbons (Fsp3) is 0.133. The number of nitrogens with zero attached hydrogens (tertiary/aromatic N) is 1. The third-order valence-electron chi connectivity index (χ3n) is 2.93. The lowest BCUT2D eigenvalue weighted by Crippen LogP contribution is -2.21. The molecular weight excluding hydrogens is 337 g/mol. The second-order valence-corrected chi connectivity index (χ2v) is 5.58. The Hall–Kier alpha value is -2.08. The zero-order valence-corrected chi connectivity index (χ0v) is 13.2. The third kappa shape index (κ3) is 3.33. The van der Waals surface area contributed by atoms with E-state index in [2.05, 4.69) is 21.2 Å². The van der Waals surface area contributed by atoms with Crippen LogP contribution in [0.1, 0.15) is 10.4 Å². The average Bonchev–Trinajstić information content (AvgIpc) is 2.44. The Morgan fingerprint density at radius 2 is 2.00 bits per heavy atom. The van der Waals surface area contributed by atoms with Gasteiger partial charge in [0.2, 0.25) is 0 Å². The third-order valence-corrected chi connectivity index (χ3v) is 3.59. The van der Waals surface area contributed by atoms with Crippen molar-refractivity contribution in [3.8, 4) is 0 Å². The van der Waals surface area contributed by atoms with Gasteiger partial charge in [0.05, 0.1) is 17.1 Å². The molecule has 0 saturated heterocycles. The van der Waals surface area contributed by atoms with E-state index in [9.17, 15) is 9.18 Å². The number of hydrogen-bond acceptors (Lipinski definition) is 3. The van der Waals surface area contributed by atoms with Gasteiger partial charge in [-0.25, -0.2) is 4.39 Å². The number of benzene rings is 2. The number of nitrogen functional groups attached to an aromatic ring is 1. The average molecular weight is 352 g/mol. The van der Waals surface area contributed by atoms with Crippen molar-refractivity contribution in [3.63, 3.8) is 0 Å². The topological polar surface area (TPSA) is 58.4 Å². The Morgan fingerprint density at radius 1 is 1.29 bits per heavy atom. The molecule has 0 heterocycles. The first kappa shape index (κ1) is 15.3. The van der Waals surface area contributed by atoms with Crippen LogP contribution in [0.4, 0.5) is 21.5 Å². The fourth-order valence-corrected chi connectivity index (χ4v) is 2.25. The molecule has 0 aliphatic heterocycles. The standard InChI is InChI=1S/C15H15BrFN3O/c1-20(2)15(21)9-6-7-12(18)13(8-9)19-14-10(16)4-3-5-11(14)17/h3-8,19H,18H2,1-2H3. The molecule has 2 aromatic carbocycles. The first-order valence-electron chi connectivity index (χ1n) is 6.22. The Bertz CT molecular complexity index is 668. The van der Waals surface area contributed by atoms with E-state index in [1.165, 1.54) is 11.0 Å². The van der Waals surface area contributed by atoms with Gasteiger partial charge in [0.25, 0.3) is 5.91 Å². The molecule has 0 radical (unpaired) electrons. The molecule has 0 saturated carbocycles. The highest BCUT2D eigenvalue weighted by Crippen LogP contribution is 2.31. The smallest absolute Gasteiger partial charge is 0.253 e. The van der Waals surface area contributed by atoms with Crippen molar-refractivity contribution in [2.75, 3.05) is 25.1 Å². The first-order chi connectivity index (χ1) is 9.90. The molecule has 0 fully saturated rings. The maximum absolute atomic E-state index is 13.8. The van der Waals surface area contributed by atoms with Crippen LogP contribution in [0.2, 0.25) is 0 Å². The number of carbonyl (C=O) groups excluding carboxylic acids is 1. The molecule has 21 heavy (non-hydrogen) atoms. The molecule has 0 spiro atoms. The normalized spacial score (nSPS) is 10.3. The summed E-state index contributed by atoms with van der Waals surface area (Å²) < 4.78 is 14.4. The molecule has 3 N–H and O–H groups in total. The van der Waals surface area contributed by atoms with Gasteiger partial charge >= 0.3 is 0 Å². The molecule has 2 aromatic rings. The second-order valence-electron chi connectivity index (χ2n) is 4.72. The molecule has 0 unspecified atom stereocenters. The number of hydrogen-bond donors (Lipinski definition) is 2. The molecule has 110 valence electrons. The molecule has 1 amide bonds. The monoisotopic (exact) mass is 351 g/mol. The summed E-state index contributed by atoms with van der Waals surface area (Å²) in [6.07, 6.45) is 0. The van der Waals surface area contributed by atoms with Crippen molar-refractivity contribution in [1.29, 1.82) is 0 Å². The molecule has 2 rings (SSSR count). The molecular formula is C15H15BrFN3O. The van der Waals surface area contributed by atoms with Crippen LogP contribution in [0.15, 0.2) is 40.9 Å². The van der Waals surface area contributed by atoms with Crippen molar-refractivity contribution in [3.05, 3.63) is 52.3 Å². The van der Waals surface area contributed by atoms with Gasteiger partial charge in [-0.1, -0.05) is 6.07 Å². The fourth-order valence-electron chi connectivity index (χ4n) is 1.81. The highest BCUT2D eigenvalue weighted by Gasteiger charge is 2.12. The quantitative estimate of drug-likeness (QED) is 0.830. The summed E-state index contributed by atoms with van der Waals surface area (Å²) in [5.41, 5.74) is 7.55. The van der Waals surface area contributed by atoms with E-state index in [4.69, 9.17) is 5.73 Å². The largest absolute Gasteiger partial charge is 0.397 e. The number of anilines is 3. The van der Waals surface area contributed by atoms with Crippen LogP contribution in [-0.4, -0.2) is 24.9 Å². The Kier molecular flexibility index (Phi) is 4.47. The van der Waals surface area contributed by atoms with Crippen LogP contribution in [0.3, 0.4) is 0 Å². The molecule has 0 aliphatic carbocycles. The lowest BCUT2D eigenvalue weighted by Gasteiger charge is -2.15. The Labute approximate surface area is 130 Å². The predicted molar refractivity (Wildman–Crippen MR) is 86.3 cm³/mol. The number of rotatable bonds is 3. The molecule has 0 atom stereocenters. The van der Waals surface area contributed by atoms with E-state index < -0.39 is 5.82 Å². The van der Waals surface area contributed by atoms with Crippen LogP contribution >= 0.6 is 15.9 Å². The number of carbonyl (C=O) groups is 1. The Balaban J connectivity index is 2.40. The van der Waals surface area contributed by atoms with Gasteiger partial charge in [-0.2, -0.15) is 0 Å². The lowest BCUT2D eigenvalue weighted by atomic mass is 10.1. The Morgan fingerprint density at radius 3 is 2.62 bits per heavy atom. The zero-order valence-electron chi connectivity index (χ0n) is 11.7. The van der Waals surface area contributed by atoms with Crippen molar-refractivity contribution in [2.24, 2.45) is 0 Å². The summed E-state index contributed by atoms with van der Waals surface area (Å²) in [5, 5.41) is 2.93. The SMILES string of the molecule is CN(C)C(=O)c1ccc(N)c(Nc2c(F)cccc2Br)c1. The van der Waals surface area contributed by atoms with Gasteiger partial charge in [0, 0.05) is 24.1 Å². The van der Waals surface area contributed by atoms with E-state index in [1.807, 2.05) is 0 Å². The summed E-state index contributed by atoms with van der Waals surface area (Å²) >= 11 is 3.28. The van der Waals surface area contributed by atoms with E-state index in [0.29, 0.717) is 21.4 Å². The van der Waals surface area contributed by atoms with Crippen molar-refractivity contribution in [1.82, 2.24) is 4.90 Å². The number of nitrogens with one attached hydrogen (secondary N) is 1. The number of para-hydroxylation sites is 1. The second kappa shape index (κ2) is 6.13. The van der Waals surface area contributed by atoms with E-state index in [1.54, 1.807) is 44.4 Å². The van der Waals surface area contributed by atoms with Gasteiger partial charge in [0.15, 0.2) is 0 Å². The van der Waals surface area contributed by atoms with Crippen LogP contribution < -0.4 is 11.1 Å². The van der Waals surface area contributed by atoms with Crippen LogP contribution in [0, 0.1) is 5.82 Å². The zero-order chi connectivity index (χ0) is 15.6. The summed E-state index contributed by atoms with van der Waals surface area (Å²) in [4.78, 5) is 13.4. The van der Waals surface area contributed by atoms with E-state index in [-0.39, 0.29) is 11.6 Å².